The summed E-state index contributed by atoms with van der Waals surface area (Å²) in [4.78, 5) is 27.0. The first-order valence-corrected chi connectivity index (χ1v) is 13.3. The van der Waals surface area contributed by atoms with Gasteiger partial charge in [-0.05, 0) is 49.9 Å². The SMILES string of the molecule is CCCCCCCN(CCc1cccc(O[C@](C)(CC)C(=O)O)c1)C(=O)Cc1ccc(OC)cc1OC. The maximum absolute atomic E-state index is 13.4. The van der Waals surface area contributed by atoms with E-state index in [0.29, 0.717) is 43.2 Å². The van der Waals surface area contributed by atoms with Crippen molar-refractivity contribution in [1.82, 2.24) is 4.90 Å². The fraction of sp³-hybridized carbons (Fsp3) is 0.533. The van der Waals surface area contributed by atoms with Crippen molar-refractivity contribution in [3.63, 3.8) is 0 Å². The zero-order chi connectivity index (χ0) is 27.3. The first-order valence-electron chi connectivity index (χ1n) is 13.3. The van der Waals surface area contributed by atoms with E-state index >= 15 is 0 Å². The van der Waals surface area contributed by atoms with E-state index in [1.807, 2.05) is 35.2 Å². The van der Waals surface area contributed by atoms with Gasteiger partial charge in [0.15, 0.2) is 0 Å². The normalized spacial score (nSPS) is 12.5. The average molecular weight is 514 g/mol. The van der Waals surface area contributed by atoms with Gasteiger partial charge >= 0.3 is 5.97 Å². The van der Waals surface area contributed by atoms with E-state index < -0.39 is 11.6 Å². The fourth-order valence-electron chi connectivity index (χ4n) is 4.10. The zero-order valence-electron chi connectivity index (χ0n) is 23.0. The number of hydrogen-bond acceptors (Lipinski definition) is 5. The van der Waals surface area contributed by atoms with Crippen molar-refractivity contribution < 1.29 is 28.9 Å². The lowest BCUT2D eigenvalue weighted by molar-refractivity contribution is -0.154. The lowest BCUT2D eigenvalue weighted by Crippen LogP contribution is -2.40. The molecule has 37 heavy (non-hydrogen) atoms. The van der Waals surface area contributed by atoms with Crippen LogP contribution in [0.2, 0.25) is 0 Å². The van der Waals surface area contributed by atoms with Crippen LogP contribution in [0.4, 0.5) is 0 Å². The van der Waals surface area contributed by atoms with E-state index in [0.717, 1.165) is 24.0 Å². The van der Waals surface area contributed by atoms with Crippen LogP contribution in [0.5, 0.6) is 17.2 Å². The van der Waals surface area contributed by atoms with Crippen LogP contribution >= 0.6 is 0 Å². The molecule has 0 heterocycles. The van der Waals surface area contributed by atoms with Crippen molar-refractivity contribution in [2.45, 2.75) is 77.7 Å². The highest BCUT2D eigenvalue weighted by atomic mass is 16.5. The van der Waals surface area contributed by atoms with Gasteiger partial charge in [-0.2, -0.15) is 0 Å². The molecule has 2 aromatic rings. The highest BCUT2D eigenvalue weighted by molar-refractivity contribution is 5.79. The number of unbranched alkanes of at least 4 members (excludes halogenated alkanes) is 4. The molecule has 7 heteroatoms. The molecular weight excluding hydrogens is 470 g/mol. The maximum Gasteiger partial charge on any atom is 0.347 e. The standard InChI is InChI=1S/C30H43NO6/c1-6-8-9-10-11-18-31(28(32)21-24-15-16-25(35-4)22-27(24)36-5)19-17-23-13-12-14-26(20-23)37-30(3,7-2)29(33)34/h12-16,20,22H,6-11,17-19,21H2,1-5H3,(H,33,34)/t30-/m1/s1. The Balaban J connectivity index is 2.12. The predicted molar refractivity (Wildman–Crippen MR) is 146 cm³/mol. The van der Waals surface area contributed by atoms with Crippen LogP contribution in [0.3, 0.4) is 0 Å². The highest BCUT2D eigenvalue weighted by Crippen LogP contribution is 2.26. The number of hydrogen-bond donors (Lipinski definition) is 1. The van der Waals surface area contributed by atoms with Gasteiger partial charge in [-0.3, -0.25) is 4.79 Å². The predicted octanol–water partition coefficient (Wildman–Crippen LogP) is 5.92. The lowest BCUT2D eigenvalue weighted by Gasteiger charge is -2.26. The molecule has 204 valence electrons. The van der Waals surface area contributed by atoms with Crippen molar-refractivity contribution in [3.05, 3.63) is 53.6 Å². The smallest absolute Gasteiger partial charge is 0.347 e. The quantitative estimate of drug-likeness (QED) is 0.264. The van der Waals surface area contributed by atoms with Crippen molar-refractivity contribution >= 4 is 11.9 Å². The second-order valence-corrected chi connectivity index (χ2v) is 9.54. The molecule has 0 saturated carbocycles. The van der Waals surface area contributed by atoms with E-state index in [4.69, 9.17) is 14.2 Å². The van der Waals surface area contributed by atoms with Gasteiger partial charge in [0.1, 0.15) is 17.2 Å². The number of carbonyl (C=O) groups is 2. The molecule has 1 amide bonds. The first kappa shape index (κ1) is 30.0. The van der Waals surface area contributed by atoms with E-state index in [-0.39, 0.29) is 12.3 Å². The molecular formula is C30H43NO6. The monoisotopic (exact) mass is 513 g/mol. The summed E-state index contributed by atoms with van der Waals surface area (Å²) < 4.78 is 16.6. The molecule has 0 aliphatic rings. The number of carboxylic acid groups (broad SMARTS) is 1. The molecule has 1 atom stereocenters. The summed E-state index contributed by atoms with van der Waals surface area (Å²) in [7, 11) is 3.20. The summed E-state index contributed by atoms with van der Waals surface area (Å²) in [6, 6.07) is 13.0. The molecule has 1 N–H and O–H groups in total. The number of rotatable bonds is 17. The molecule has 0 spiro atoms. The Morgan fingerprint density at radius 1 is 0.919 bits per heavy atom. The molecule has 0 aliphatic heterocycles. The Labute approximate surface area is 221 Å². The topological polar surface area (TPSA) is 85.3 Å². The van der Waals surface area contributed by atoms with E-state index in [1.165, 1.54) is 19.3 Å². The third-order valence-corrected chi connectivity index (χ3v) is 6.76. The number of carbonyl (C=O) groups excluding carboxylic acids is 1. The van der Waals surface area contributed by atoms with Gasteiger partial charge < -0.3 is 24.2 Å². The molecule has 0 unspecified atom stereocenters. The zero-order valence-corrected chi connectivity index (χ0v) is 23.0. The Morgan fingerprint density at radius 2 is 1.68 bits per heavy atom. The van der Waals surface area contributed by atoms with Crippen LogP contribution < -0.4 is 14.2 Å². The van der Waals surface area contributed by atoms with Gasteiger partial charge in [-0.15, -0.1) is 0 Å². The lowest BCUT2D eigenvalue weighted by atomic mass is 10.0. The average Bonchev–Trinajstić information content (AvgIpc) is 2.90. The van der Waals surface area contributed by atoms with Crippen molar-refractivity contribution in [2.24, 2.45) is 0 Å². The highest BCUT2D eigenvalue weighted by Gasteiger charge is 2.33. The minimum absolute atomic E-state index is 0.0517. The second-order valence-electron chi connectivity index (χ2n) is 9.54. The number of nitrogens with zero attached hydrogens (tertiary/aromatic N) is 1. The molecule has 0 saturated heterocycles. The number of aliphatic carboxylic acids is 1. The third-order valence-electron chi connectivity index (χ3n) is 6.76. The molecule has 0 aromatic heterocycles. The Morgan fingerprint density at radius 3 is 2.32 bits per heavy atom. The largest absolute Gasteiger partial charge is 0.497 e. The van der Waals surface area contributed by atoms with E-state index in [9.17, 15) is 14.7 Å². The number of ether oxygens (including phenoxy) is 3. The molecule has 0 bridgehead atoms. The summed E-state index contributed by atoms with van der Waals surface area (Å²) in [5, 5.41) is 9.54. The summed E-state index contributed by atoms with van der Waals surface area (Å²) in [6.07, 6.45) is 6.85. The van der Waals surface area contributed by atoms with Gasteiger partial charge in [-0.1, -0.05) is 57.7 Å². The molecule has 0 fully saturated rings. The van der Waals surface area contributed by atoms with Crippen molar-refractivity contribution in [2.75, 3.05) is 27.3 Å². The minimum atomic E-state index is -1.28. The van der Waals surface area contributed by atoms with Crippen LogP contribution in [0, 0.1) is 0 Å². The number of methoxy groups -OCH3 is 2. The van der Waals surface area contributed by atoms with Crippen molar-refractivity contribution in [3.8, 4) is 17.2 Å². The number of carboxylic acids is 1. The van der Waals surface area contributed by atoms with Gasteiger partial charge in [-0.25, -0.2) is 4.79 Å². The van der Waals surface area contributed by atoms with Gasteiger partial charge in [0.25, 0.3) is 0 Å². The van der Waals surface area contributed by atoms with Crippen LogP contribution in [0.1, 0.15) is 70.4 Å². The minimum Gasteiger partial charge on any atom is -0.497 e. The maximum atomic E-state index is 13.4. The molecule has 2 aromatic carbocycles. The Hall–Kier alpha value is -3.22. The van der Waals surface area contributed by atoms with Gasteiger partial charge in [0, 0.05) is 24.7 Å². The summed E-state index contributed by atoms with van der Waals surface area (Å²) in [5.74, 6) is 0.900. The second kappa shape index (κ2) is 15.1. The molecule has 2 rings (SSSR count). The van der Waals surface area contributed by atoms with Crippen LogP contribution in [0.15, 0.2) is 42.5 Å². The first-order chi connectivity index (χ1) is 17.8. The van der Waals surface area contributed by atoms with E-state index in [2.05, 4.69) is 6.92 Å². The summed E-state index contributed by atoms with van der Waals surface area (Å²) >= 11 is 0. The van der Waals surface area contributed by atoms with Crippen LogP contribution in [-0.4, -0.2) is 54.8 Å². The number of amides is 1. The van der Waals surface area contributed by atoms with Crippen LogP contribution in [0.25, 0.3) is 0 Å². The van der Waals surface area contributed by atoms with Gasteiger partial charge in [0.05, 0.1) is 20.6 Å². The van der Waals surface area contributed by atoms with E-state index in [1.54, 1.807) is 40.2 Å². The van der Waals surface area contributed by atoms with Gasteiger partial charge in [0.2, 0.25) is 11.5 Å². The van der Waals surface area contributed by atoms with Crippen molar-refractivity contribution in [1.29, 1.82) is 0 Å². The van der Waals surface area contributed by atoms with Crippen LogP contribution in [-0.2, 0) is 22.4 Å². The Kier molecular flexibility index (Phi) is 12.3. The summed E-state index contributed by atoms with van der Waals surface area (Å²) in [6.45, 7) is 6.83. The Bertz CT molecular complexity index is 1010. The molecule has 7 nitrogen and oxygen atoms in total. The third kappa shape index (κ3) is 9.30. The summed E-state index contributed by atoms with van der Waals surface area (Å²) in [5.41, 5.74) is 0.538. The number of benzene rings is 2. The molecule has 0 aliphatic carbocycles. The molecule has 0 radical (unpaired) electrons. The fourth-order valence-corrected chi connectivity index (χ4v) is 4.10.